The van der Waals surface area contributed by atoms with Gasteiger partial charge in [-0.1, -0.05) is 0 Å². The van der Waals surface area contributed by atoms with Crippen LogP contribution in [-0.4, -0.2) is 50.7 Å². The fraction of sp³-hybridized carbons (Fsp3) is 0.296. The SMILES string of the molecule is CC(=O)Nc1cn2nc(-c3cc(C(=O)NCc4cc(F)cc(F)c4O[C@H]4CCOC4)c(C)nc3C)ccc2n1. The number of nitrogens with zero attached hydrogens (tertiary/aromatic N) is 4. The number of nitrogens with one attached hydrogen (secondary N) is 2. The predicted octanol–water partition coefficient (Wildman–Crippen LogP) is 3.74. The Kier molecular flexibility index (Phi) is 7.20. The Morgan fingerprint density at radius 1 is 1.15 bits per heavy atom. The predicted molar refractivity (Wildman–Crippen MR) is 137 cm³/mol. The number of anilines is 1. The molecule has 2 amide bonds. The molecule has 4 aromatic rings. The molecule has 1 fully saturated rings. The second-order valence-corrected chi connectivity index (χ2v) is 9.24. The Balaban J connectivity index is 1.39. The van der Waals surface area contributed by atoms with Crippen molar-refractivity contribution in [3.8, 4) is 17.0 Å². The van der Waals surface area contributed by atoms with Gasteiger partial charge in [-0.3, -0.25) is 14.6 Å². The molecule has 12 heteroatoms. The third-order valence-corrected chi connectivity index (χ3v) is 6.25. The topological polar surface area (TPSA) is 120 Å². The number of hydrogen-bond donors (Lipinski definition) is 2. The molecule has 1 saturated heterocycles. The molecule has 0 bridgehead atoms. The van der Waals surface area contributed by atoms with Crippen molar-refractivity contribution >= 4 is 23.3 Å². The Labute approximate surface area is 222 Å². The van der Waals surface area contributed by atoms with Gasteiger partial charge in [0.1, 0.15) is 11.9 Å². The average Bonchev–Trinajstić information content (AvgIpc) is 3.53. The van der Waals surface area contributed by atoms with Crippen molar-refractivity contribution in [1.29, 1.82) is 0 Å². The van der Waals surface area contributed by atoms with Crippen LogP contribution in [0.5, 0.6) is 5.75 Å². The highest BCUT2D eigenvalue weighted by atomic mass is 19.1. The minimum Gasteiger partial charge on any atom is -0.484 e. The Morgan fingerprint density at radius 2 is 1.97 bits per heavy atom. The first-order valence-electron chi connectivity index (χ1n) is 12.3. The molecule has 1 aliphatic heterocycles. The van der Waals surface area contributed by atoms with E-state index in [1.54, 1.807) is 38.2 Å². The number of benzene rings is 1. The lowest BCUT2D eigenvalue weighted by Gasteiger charge is -2.17. The van der Waals surface area contributed by atoms with Crippen molar-refractivity contribution in [1.82, 2.24) is 24.9 Å². The zero-order valence-corrected chi connectivity index (χ0v) is 21.5. The van der Waals surface area contributed by atoms with Crippen LogP contribution in [0.2, 0.25) is 0 Å². The molecule has 0 saturated carbocycles. The largest absolute Gasteiger partial charge is 0.484 e. The van der Waals surface area contributed by atoms with Crippen molar-refractivity contribution in [3.63, 3.8) is 0 Å². The van der Waals surface area contributed by atoms with Crippen LogP contribution in [0.1, 0.15) is 40.7 Å². The number of ether oxygens (including phenoxy) is 2. The molecule has 0 unspecified atom stereocenters. The van der Waals surface area contributed by atoms with Gasteiger partial charge in [-0.15, -0.1) is 0 Å². The highest BCUT2D eigenvalue weighted by Gasteiger charge is 2.23. The summed E-state index contributed by atoms with van der Waals surface area (Å²) in [4.78, 5) is 33.4. The summed E-state index contributed by atoms with van der Waals surface area (Å²) in [6.07, 6.45) is 1.83. The molecule has 2 N–H and O–H groups in total. The summed E-state index contributed by atoms with van der Waals surface area (Å²) >= 11 is 0. The summed E-state index contributed by atoms with van der Waals surface area (Å²) in [5.41, 5.74) is 3.27. The van der Waals surface area contributed by atoms with E-state index >= 15 is 0 Å². The Hall–Kier alpha value is -4.45. The highest BCUT2D eigenvalue weighted by molar-refractivity contribution is 5.96. The summed E-state index contributed by atoms with van der Waals surface area (Å²) in [5, 5.41) is 9.90. The fourth-order valence-electron chi connectivity index (χ4n) is 4.40. The number of fused-ring (bicyclic) bond motifs is 1. The maximum atomic E-state index is 14.6. The third-order valence-electron chi connectivity index (χ3n) is 6.25. The van der Waals surface area contributed by atoms with Crippen molar-refractivity contribution in [2.24, 2.45) is 0 Å². The molecule has 0 spiro atoms. The first-order chi connectivity index (χ1) is 18.7. The van der Waals surface area contributed by atoms with Gasteiger partial charge in [0.2, 0.25) is 5.91 Å². The summed E-state index contributed by atoms with van der Waals surface area (Å²) < 4.78 is 41.1. The first-order valence-corrected chi connectivity index (χ1v) is 12.3. The molecule has 1 aliphatic rings. The molecule has 1 atom stereocenters. The second-order valence-electron chi connectivity index (χ2n) is 9.24. The molecule has 3 aromatic heterocycles. The number of aryl methyl sites for hydroxylation is 2. The van der Waals surface area contributed by atoms with Gasteiger partial charge in [-0.25, -0.2) is 18.3 Å². The van der Waals surface area contributed by atoms with E-state index in [1.165, 1.54) is 11.4 Å². The quantitative estimate of drug-likeness (QED) is 0.369. The molecule has 1 aromatic carbocycles. The number of pyridine rings is 1. The molecular formula is C27H26F2N6O4. The molecule has 202 valence electrons. The van der Waals surface area contributed by atoms with Crippen LogP contribution >= 0.6 is 0 Å². The van der Waals surface area contributed by atoms with E-state index < -0.39 is 17.5 Å². The summed E-state index contributed by atoms with van der Waals surface area (Å²) in [6, 6.07) is 7.04. The van der Waals surface area contributed by atoms with Gasteiger partial charge in [-0.2, -0.15) is 5.10 Å². The summed E-state index contributed by atoms with van der Waals surface area (Å²) in [6.45, 7) is 5.55. The number of carbonyl (C=O) groups excluding carboxylic acids is 2. The number of imidazole rings is 1. The maximum absolute atomic E-state index is 14.6. The van der Waals surface area contributed by atoms with Crippen molar-refractivity contribution in [2.45, 2.75) is 39.8 Å². The monoisotopic (exact) mass is 536 g/mol. The zero-order chi connectivity index (χ0) is 27.7. The molecule has 0 aliphatic carbocycles. The number of aromatic nitrogens is 4. The van der Waals surface area contributed by atoms with Crippen molar-refractivity contribution in [3.05, 3.63) is 70.7 Å². The van der Waals surface area contributed by atoms with E-state index in [0.29, 0.717) is 53.7 Å². The Bertz CT molecular complexity index is 1580. The van der Waals surface area contributed by atoms with E-state index in [-0.39, 0.29) is 35.4 Å². The summed E-state index contributed by atoms with van der Waals surface area (Å²) in [5.74, 6) is -2.08. The van der Waals surface area contributed by atoms with Gasteiger partial charge >= 0.3 is 0 Å². The normalized spacial score (nSPS) is 14.9. The number of rotatable bonds is 7. The van der Waals surface area contributed by atoms with E-state index in [9.17, 15) is 18.4 Å². The molecule has 10 nitrogen and oxygen atoms in total. The summed E-state index contributed by atoms with van der Waals surface area (Å²) in [7, 11) is 0. The first kappa shape index (κ1) is 26.2. The fourth-order valence-corrected chi connectivity index (χ4v) is 4.40. The van der Waals surface area contributed by atoms with E-state index in [0.717, 1.165) is 12.1 Å². The van der Waals surface area contributed by atoms with Crippen LogP contribution in [0.25, 0.3) is 16.9 Å². The van der Waals surface area contributed by atoms with Crippen LogP contribution in [0, 0.1) is 25.5 Å². The van der Waals surface area contributed by atoms with Crippen LogP contribution < -0.4 is 15.4 Å². The second kappa shape index (κ2) is 10.7. The smallest absolute Gasteiger partial charge is 0.253 e. The number of amides is 2. The van der Waals surface area contributed by atoms with E-state index in [4.69, 9.17) is 9.47 Å². The van der Waals surface area contributed by atoms with E-state index in [1.807, 2.05) is 0 Å². The number of carbonyl (C=O) groups is 2. The van der Waals surface area contributed by atoms with Gasteiger partial charge in [-0.05, 0) is 38.1 Å². The van der Waals surface area contributed by atoms with Crippen LogP contribution in [0.15, 0.2) is 36.5 Å². The highest BCUT2D eigenvalue weighted by Crippen LogP contribution is 2.28. The maximum Gasteiger partial charge on any atom is 0.253 e. The van der Waals surface area contributed by atoms with Crippen LogP contribution in [-0.2, 0) is 16.1 Å². The lowest BCUT2D eigenvalue weighted by molar-refractivity contribution is -0.114. The van der Waals surface area contributed by atoms with Gasteiger partial charge in [0, 0.05) is 42.8 Å². The molecule has 4 heterocycles. The van der Waals surface area contributed by atoms with Crippen molar-refractivity contribution < 1.29 is 27.8 Å². The van der Waals surface area contributed by atoms with Crippen molar-refractivity contribution in [2.75, 3.05) is 18.5 Å². The number of hydrogen-bond acceptors (Lipinski definition) is 7. The van der Waals surface area contributed by atoms with Gasteiger partial charge in [0.05, 0.1) is 36.4 Å². The Morgan fingerprint density at radius 3 is 2.72 bits per heavy atom. The van der Waals surface area contributed by atoms with Gasteiger partial charge in [0.25, 0.3) is 5.91 Å². The molecular weight excluding hydrogens is 510 g/mol. The average molecular weight is 537 g/mol. The molecule has 5 rings (SSSR count). The third kappa shape index (κ3) is 5.70. The minimum atomic E-state index is -0.843. The molecule has 39 heavy (non-hydrogen) atoms. The van der Waals surface area contributed by atoms with Crippen LogP contribution in [0.4, 0.5) is 14.6 Å². The lowest BCUT2D eigenvalue weighted by Crippen LogP contribution is -2.25. The van der Waals surface area contributed by atoms with E-state index in [2.05, 4.69) is 25.7 Å². The van der Waals surface area contributed by atoms with Gasteiger partial charge < -0.3 is 20.1 Å². The minimum absolute atomic E-state index is 0.108. The standard InChI is InChI=1S/C27H26F2N6O4/c1-14-20(23-4-5-25-33-24(32-16(3)36)12-35(25)34-23)10-21(15(2)31-14)27(37)30-11-17-8-18(28)9-22(29)26(17)39-19-6-7-38-13-19/h4-5,8-10,12,19H,6-7,11,13H2,1-3H3,(H,30,37)(H,32,36)/t19-/m0/s1. The van der Waals surface area contributed by atoms with Gasteiger partial charge in [0.15, 0.2) is 23.0 Å². The molecule has 0 radical (unpaired) electrons. The van der Waals surface area contributed by atoms with Crippen LogP contribution in [0.3, 0.4) is 0 Å². The number of halogens is 2. The lowest BCUT2D eigenvalue weighted by atomic mass is 10.0. The zero-order valence-electron chi connectivity index (χ0n) is 21.5.